The summed E-state index contributed by atoms with van der Waals surface area (Å²) in [4.78, 5) is 39.4. The van der Waals surface area contributed by atoms with E-state index in [0.29, 0.717) is 32.2 Å². The number of thioether (sulfide) groups is 1. The van der Waals surface area contributed by atoms with E-state index in [1.54, 1.807) is 42.5 Å². The molecular weight excluding hydrogens is 620 g/mol. The Morgan fingerprint density at radius 3 is 2.60 bits per heavy atom. The van der Waals surface area contributed by atoms with Gasteiger partial charge in [0, 0.05) is 0 Å². The van der Waals surface area contributed by atoms with Gasteiger partial charge in [-0.05, 0) is 94.6 Å². The number of hydrogen-bond donors (Lipinski definition) is 1. The molecule has 0 atom stereocenters. The van der Waals surface area contributed by atoms with Crippen LogP contribution in [0.2, 0.25) is 5.02 Å². The van der Waals surface area contributed by atoms with Crippen LogP contribution in [0.5, 0.6) is 17.2 Å². The van der Waals surface area contributed by atoms with Gasteiger partial charge in [-0.3, -0.25) is 19.3 Å². The van der Waals surface area contributed by atoms with Crippen LogP contribution in [0.4, 0.5) is 10.5 Å². The summed E-state index contributed by atoms with van der Waals surface area (Å²) in [6.45, 7) is 3.94. The van der Waals surface area contributed by atoms with Crippen LogP contribution in [0.15, 0.2) is 64.0 Å². The fourth-order valence-corrected chi connectivity index (χ4v) is 5.43. The average Bonchev–Trinajstić information content (AvgIpc) is 3.18. The zero-order valence-electron chi connectivity index (χ0n) is 22.0. The van der Waals surface area contributed by atoms with Gasteiger partial charge in [0.05, 0.1) is 33.7 Å². The van der Waals surface area contributed by atoms with Crippen molar-refractivity contribution in [2.24, 2.45) is 0 Å². The number of hydrogen-bond acceptors (Lipinski definition) is 7. The van der Waals surface area contributed by atoms with Crippen LogP contribution >= 0.6 is 39.3 Å². The Morgan fingerprint density at radius 1 is 1.07 bits per heavy atom. The van der Waals surface area contributed by atoms with E-state index in [1.165, 1.54) is 12.0 Å². The van der Waals surface area contributed by atoms with Crippen molar-refractivity contribution in [2.45, 2.75) is 13.8 Å². The number of carbonyl (C=O) groups is 3. The van der Waals surface area contributed by atoms with E-state index >= 15 is 0 Å². The lowest BCUT2D eigenvalue weighted by atomic mass is 10.1. The minimum Gasteiger partial charge on any atom is -0.493 e. The smallest absolute Gasteiger partial charge is 0.293 e. The number of anilines is 1. The van der Waals surface area contributed by atoms with E-state index < -0.39 is 11.8 Å². The predicted molar refractivity (Wildman–Crippen MR) is 160 cm³/mol. The minimum absolute atomic E-state index is 0.130. The Morgan fingerprint density at radius 2 is 1.85 bits per heavy atom. The fraction of sp³-hybridized carbons (Fsp3) is 0.207. The number of rotatable bonds is 10. The number of imide groups is 1. The third-order valence-corrected chi connectivity index (χ3v) is 7.66. The molecule has 3 aromatic rings. The first kappa shape index (κ1) is 29.5. The second-order valence-corrected chi connectivity index (χ2v) is 11.1. The maximum Gasteiger partial charge on any atom is 0.293 e. The molecule has 3 amide bonds. The zero-order chi connectivity index (χ0) is 28.8. The van der Waals surface area contributed by atoms with Crippen LogP contribution in [-0.2, 0) is 9.59 Å². The third kappa shape index (κ3) is 7.18. The van der Waals surface area contributed by atoms with E-state index in [0.717, 1.165) is 28.6 Å². The summed E-state index contributed by atoms with van der Waals surface area (Å²) in [6.07, 6.45) is 1.61. The molecule has 11 heteroatoms. The van der Waals surface area contributed by atoms with Crippen LogP contribution in [-0.4, -0.2) is 48.8 Å². The molecule has 0 radical (unpaired) electrons. The third-order valence-electron chi connectivity index (χ3n) is 5.83. The Labute approximate surface area is 249 Å². The van der Waals surface area contributed by atoms with E-state index in [-0.39, 0.29) is 29.9 Å². The highest BCUT2D eigenvalue weighted by Crippen LogP contribution is 2.39. The second kappa shape index (κ2) is 13.3. The quantitative estimate of drug-likeness (QED) is 0.241. The molecular formula is C29H26BrClN2O6S. The Hall–Kier alpha value is -3.47. The van der Waals surface area contributed by atoms with Crippen molar-refractivity contribution >= 4 is 68.1 Å². The van der Waals surface area contributed by atoms with Crippen molar-refractivity contribution in [1.82, 2.24) is 4.90 Å². The molecule has 3 aromatic carbocycles. The van der Waals surface area contributed by atoms with Crippen molar-refractivity contribution in [3.8, 4) is 17.2 Å². The molecule has 0 saturated carbocycles. The Balaban J connectivity index is 1.40. The molecule has 1 heterocycles. The van der Waals surface area contributed by atoms with Crippen LogP contribution in [0.1, 0.15) is 16.7 Å². The number of carbonyl (C=O) groups excluding carboxylic acids is 3. The molecule has 1 aliphatic heterocycles. The van der Waals surface area contributed by atoms with Gasteiger partial charge in [0.1, 0.15) is 12.4 Å². The first-order valence-corrected chi connectivity index (χ1v) is 14.1. The Bertz CT molecular complexity index is 1500. The van der Waals surface area contributed by atoms with E-state index in [9.17, 15) is 14.4 Å². The summed E-state index contributed by atoms with van der Waals surface area (Å²) in [5, 5.41) is 2.74. The zero-order valence-corrected chi connectivity index (χ0v) is 25.1. The van der Waals surface area contributed by atoms with Crippen molar-refractivity contribution in [2.75, 3.05) is 32.2 Å². The van der Waals surface area contributed by atoms with Gasteiger partial charge < -0.3 is 19.5 Å². The van der Waals surface area contributed by atoms with E-state index in [1.807, 2.05) is 32.0 Å². The molecule has 0 spiro atoms. The highest BCUT2D eigenvalue weighted by atomic mass is 79.9. The van der Waals surface area contributed by atoms with Crippen LogP contribution < -0.4 is 19.5 Å². The van der Waals surface area contributed by atoms with Gasteiger partial charge >= 0.3 is 0 Å². The molecule has 0 aromatic heterocycles. The standard InChI is InChI=1S/C29H26BrClN2O6S/c1-17-8-9-18(2)23(12-17)38-11-10-33-28(35)25(40-29(33)36)15-19-13-20(30)27(24(14-19)37-3)39-16-26(34)32-22-7-5-4-6-21(22)31/h4-9,12-15H,10-11,16H2,1-3H3,(H,32,34)/b25-15-. The molecule has 4 rings (SSSR count). The Kier molecular flexibility index (Phi) is 9.78. The van der Waals surface area contributed by atoms with Crippen molar-refractivity contribution in [1.29, 1.82) is 0 Å². The van der Waals surface area contributed by atoms with Crippen LogP contribution in [0.3, 0.4) is 0 Å². The number of para-hydroxylation sites is 1. The number of nitrogens with zero attached hydrogens (tertiary/aromatic N) is 1. The van der Waals surface area contributed by atoms with Gasteiger partial charge in [-0.2, -0.15) is 0 Å². The monoisotopic (exact) mass is 644 g/mol. The van der Waals surface area contributed by atoms with Crippen molar-refractivity contribution < 1.29 is 28.6 Å². The minimum atomic E-state index is -0.402. The van der Waals surface area contributed by atoms with E-state index in [2.05, 4.69) is 21.2 Å². The van der Waals surface area contributed by atoms with Gasteiger partial charge in [-0.1, -0.05) is 35.9 Å². The number of ether oxygens (including phenoxy) is 3. The van der Waals surface area contributed by atoms with E-state index in [4.69, 9.17) is 25.8 Å². The maximum atomic E-state index is 13.0. The molecule has 40 heavy (non-hydrogen) atoms. The number of benzene rings is 3. The van der Waals surface area contributed by atoms with Gasteiger partial charge in [0.15, 0.2) is 18.1 Å². The van der Waals surface area contributed by atoms with Crippen molar-refractivity contribution in [3.63, 3.8) is 0 Å². The van der Waals surface area contributed by atoms with Gasteiger partial charge in [0.25, 0.3) is 17.1 Å². The largest absolute Gasteiger partial charge is 0.493 e. The molecule has 1 aliphatic rings. The number of halogens is 2. The predicted octanol–water partition coefficient (Wildman–Crippen LogP) is 6.86. The lowest BCUT2D eigenvalue weighted by Crippen LogP contribution is -2.32. The second-order valence-electron chi connectivity index (χ2n) is 8.80. The first-order chi connectivity index (χ1) is 19.2. The molecule has 208 valence electrons. The lowest BCUT2D eigenvalue weighted by Gasteiger charge is -2.15. The number of nitrogens with one attached hydrogen (secondary N) is 1. The highest BCUT2D eigenvalue weighted by molar-refractivity contribution is 9.10. The fourth-order valence-electron chi connectivity index (χ4n) is 3.80. The summed E-state index contributed by atoms with van der Waals surface area (Å²) < 4.78 is 17.5. The summed E-state index contributed by atoms with van der Waals surface area (Å²) in [7, 11) is 1.46. The van der Waals surface area contributed by atoms with Crippen LogP contribution in [0, 0.1) is 13.8 Å². The topological polar surface area (TPSA) is 94.2 Å². The van der Waals surface area contributed by atoms with Gasteiger partial charge in [-0.25, -0.2) is 0 Å². The number of amides is 3. The molecule has 0 aliphatic carbocycles. The van der Waals surface area contributed by atoms with Gasteiger partial charge in [-0.15, -0.1) is 0 Å². The summed E-state index contributed by atoms with van der Waals surface area (Å²) in [5.41, 5.74) is 3.12. The summed E-state index contributed by atoms with van der Waals surface area (Å²) in [5.74, 6) is 0.577. The average molecular weight is 646 g/mol. The molecule has 0 unspecified atom stereocenters. The molecule has 8 nitrogen and oxygen atoms in total. The molecule has 1 saturated heterocycles. The maximum absolute atomic E-state index is 13.0. The van der Waals surface area contributed by atoms with Gasteiger partial charge in [0.2, 0.25) is 0 Å². The number of methoxy groups -OCH3 is 1. The summed E-state index contributed by atoms with van der Waals surface area (Å²) >= 11 is 10.4. The van der Waals surface area contributed by atoms with Crippen LogP contribution in [0.25, 0.3) is 6.08 Å². The SMILES string of the molecule is COc1cc(/C=C2\SC(=O)N(CCOc3cc(C)ccc3C)C2=O)cc(Br)c1OCC(=O)Nc1ccccc1Cl. The lowest BCUT2D eigenvalue weighted by molar-refractivity contribution is -0.123. The molecule has 1 N–H and O–H groups in total. The van der Waals surface area contributed by atoms with Crippen molar-refractivity contribution in [3.05, 3.63) is 85.7 Å². The molecule has 1 fully saturated rings. The normalized spacial score (nSPS) is 14.0. The molecule has 0 bridgehead atoms. The summed E-state index contributed by atoms with van der Waals surface area (Å²) in [6, 6.07) is 16.1. The highest BCUT2D eigenvalue weighted by Gasteiger charge is 2.35. The number of aryl methyl sites for hydroxylation is 2. The first-order valence-electron chi connectivity index (χ1n) is 12.2.